The standard InChI is InChI=1S/C21H25ClN2/c1-4-5-6-17-18-11-16(22)12-19(23)21(18)24-20(17)14(3)15-9-7-13(2)8-10-15/h7-12,14,24H,4-6,23H2,1-3H3. The Bertz CT molecular complexity index is 846. The van der Waals surface area contributed by atoms with Gasteiger partial charge in [0.05, 0.1) is 11.2 Å². The summed E-state index contributed by atoms with van der Waals surface area (Å²) in [6.45, 7) is 6.59. The SMILES string of the molecule is CCCCc1c(C(C)c2ccc(C)cc2)[nH]c2c(N)cc(Cl)cc12. The first-order chi connectivity index (χ1) is 11.5. The second-order valence-corrected chi connectivity index (χ2v) is 7.11. The van der Waals surface area contributed by atoms with Gasteiger partial charge in [0.1, 0.15) is 0 Å². The highest BCUT2D eigenvalue weighted by atomic mass is 35.5. The molecule has 3 aromatic rings. The van der Waals surface area contributed by atoms with Crippen molar-refractivity contribution in [2.45, 2.75) is 46.0 Å². The number of nitrogen functional groups attached to an aromatic ring is 1. The summed E-state index contributed by atoms with van der Waals surface area (Å²) in [6.07, 6.45) is 3.37. The van der Waals surface area contributed by atoms with Gasteiger partial charge in [-0.05, 0) is 43.0 Å². The lowest BCUT2D eigenvalue weighted by Crippen LogP contribution is -2.01. The summed E-state index contributed by atoms with van der Waals surface area (Å²) in [6, 6.07) is 12.6. The molecule has 0 spiro atoms. The van der Waals surface area contributed by atoms with Gasteiger partial charge < -0.3 is 10.7 Å². The molecule has 2 nitrogen and oxygen atoms in total. The molecule has 24 heavy (non-hydrogen) atoms. The molecule has 1 aromatic heterocycles. The van der Waals surface area contributed by atoms with Gasteiger partial charge in [-0.3, -0.25) is 0 Å². The number of aromatic amines is 1. The average Bonchev–Trinajstić information content (AvgIpc) is 2.91. The molecule has 0 saturated carbocycles. The molecule has 3 rings (SSSR count). The molecule has 3 heteroatoms. The molecule has 0 amide bonds. The highest BCUT2D eigenvalue weighted by Gasteiger charge is 2.19. The minimum Gasteiger partial charge on any atom is -0.397 e. The number of unbranched alkanes of at least 4 members (excludes halogenated alkanes) is 1. The van der Waals surface area contributed by atoms with Gasteiger partial charge >= 0.3 is 0 Å². The molecule has 0 bridgehead atoms. The van der Waals surface area contributed by atoms with Gasteiger partial charge in [0.15, 0.2) is 0 Å². The van der Waals surface area contributed by atoms with Crippen molar-refractivity contribution in [1.29, 1.82) is 0 Å². The Kier molecular flexibility index (Phi) is 4.86. The molecule has 1 atom stereocenters. The lowest BCUT2D eigenvalue weighted by molar-refractivity contribution is 0.775. The van der Waals surface area contributed by atoms with Gasteiger partial charge in [0.25, 0.3) is 0 Å². The highest BCUT2D eigenvalue weighted by Crippen LogP contribution is 2.36. The predicted octanol–water partition coefficient (Wildman–Crippen LogP) is 6.21. The van der Waals surface area contributed by atoms with Crippen molar-refractivity contribution in [3.05, 3.63) is 63.8 Å². The molecular formula is C21H25ClN2. The van der Waals surface area contributed by atoms with E-state index in [1.165, 1.54) is 34.2 Å². The largest absolute Gasteiger partial charge is 0.397 e. The second-order valence-electron chi connectivity index (χ2n) is 6.67. The molecule has 0 saturated heterocycles. The Morgan fingerprint density at radius 1 is 1.17 bits per heavy atom. The molecule has 0 aliphatic heterocycles. The van der Waals surface area contributed by atoms with E-state index in [0.29, 0.717) is 10.9 Å². The molecule has 3 N–H and O–H groups in total. The number of anilines is 1. The fourth-order valence-corrected chi connectivity index (χ4v) is 3.60. The van der Waals surface area contributed by atoms with Crippen LogP contribution in [0.5, 0.6) is 0 Å². The number of hydrogen-bond donors (Lipinski definition) is 2. The summed E-state index contributed by atoms with van der Waals surface area (Å²) in [7, 11) is 0. The summed E-state index contributed by atoms with van der Waals surface area (Å²) in [5.41, 5.74) is 13.2. The van der Waals surface area contributed by atoms with Crippen LogP contribution >= 0.6 is 11.6 Å². The maximum atomic E-state index is 6.26. The minimum atomic E-state index is 0.294. The van der Waals surface area contributed by atoms with Crippen LogP contribution in [0.2, 0.25) is 5.02 Å². The van der Waals surface area contributed by atoms with Gasteiger partial charge in [-0.15, -0.1) is 0 Å². The van der Waals surface area contributed by atoms with Crippen LogP contribution in [0.15, 0.2) is 36.4 Å². The first-order valence-corrected chi connectivity index (χ1v) is 9.05. The van der Waals surface area contributed by atoms with Crippen LogP contribution in [0.25, 0.3) is 10.9 Å². The van der Waals surface area contributed by atoms with Crippen LogP contribution in [-0.2, 0) is 6.42 Å². The zero-order chi connectivity index (χ0) is 17.3. The second kappa shape index (κ2) is 6.90. The molecule has 1 heterocycles. The van der Waals surface area contributed by atoms with Crippen molar-refractivity contribution in [3.63, 3.8) is 0 Å². The molecule has 0 fully saturated rings. The van der Waals surface area contributed by atoms with E-state index in [4.69, 9.17) is 17.3 Å². The average molecular weight is 341 g/mol. The van der Waals surface area contributed by atoms with Crippen molar-refractivity contribution >= 4 is 28.2 Å². The van der Waals surface area contributed by atoms with E-state index < -0.39 is 0 Å². The molecule has 0 radical (unpaired) electrons. The van der Waals surface area contributed by atoms with E-state index >= 15 is 0 Å². The van der Waals surface area contributed by atoms with Crippen LogP contribution in [-0.4, -0.2) is 4.98 Å². The van der Waals surface area contributed by atoms with Crippen LogP contribution < -0.4 is 5.73 Å². The summed E-state index contributed by atoms with van der Waals surface area (Å²) < 4.78 is 0. The molecule has 2 aromatic carbocycles. The van der Waals surface area contributed by atoms with E-state index in [1.807, 2.05) is 12.1 Å². The fourth-order valence-electron chi connectivity index (χ4n) is 3.37. The van der Waals surface area contributed by atoms with Gasteiger partial charge in [-0.1, -0.05) is 61.7 Å². The number of halogens is 1. The van der Waals surface area contributed by atoms with Crippen molar-refractivity contribution in [2.24, 2.45) is 0 Å². The third-order valence-corrected chi connectivity index (χ3v) is 5.05. The topological polar surface area (TPSA) is 41.8 Å². The number of aromatic nitrogens is 1. The molecule has 0 aliphatic carbocycles. The van der Waals surface area contributed by atoms with Gasteiger partial charge in [0.2, 0.25) is 0 Å². The molecule has 1 unspecified atom stereocenters. The van der Waals surface area contributed by atoms with E-state index in [1.54, 1.807) is 0 Å². The van der Waals surface area contributed by atoms with Crippen LogP contribution in [0.1, 0.15) is 55.0 Å². The number of fused-ring (bicyclic) bond motifs is 1. The number of nitrogens with two attached hydrogens (primary N) is 1. The monoisotopic (exact) mass is 340 g/mol. The Hall–Kier alpha value is -1.93. The Labute approximate surface area is 149 Å². The Balaban J connectivity index is 2.14. The zero-order valence-electron chi connectivity index (χ0n) is 14.6. The highest BCUT2D eigenvalue weighted by molar-refractivity contribution is 6.32. The zero-order valence-corrected chi connectivity index (χ0v) is 15.4. The van der Waals surface area contributed by atoms with Crippen molar-refractivity contribution in [3.8, 4) is 0 Å². The summed E-state index contributed by atoms with van der Waals surface area (Å²) >= 11 is 6.26. The number of H-pyrrole nitrogens is 1. The van der Waals surface area contributed by atoms with E-state index in [-0.39, 0.29) is 0 Å². The van der Waals surface area contributed by atoms with Crippen molar-refractivity contribution in [2.75, 3.05) is 5.73 Å². The van der Waals surface area contributed by atoms with Crippen molar-refractivity contribution in [1.82, 2.24) is 4.98 Å². The van der Waals surface area contributed by atoms with Crippen LogP contribution in [0.4, 0.5) is 5.69 Å². The van der Waals surface area contributed by atoms with E-state index in [0.717, 1.165) is 24.0 Å². The quantitative estimate of drug-likeness (QED) is 0.533. The lowest BCUT2D eigenvalue weighted by Gasteiger charge is -2.14. The normalized spacial score (nSPS) is 12.7. The molecule has 0 aliphatic rings. The minimum absolute atomic E-state index is 0.294. The number of aryl methyl sites for hydroxylation is 2. The number of nitrogens with one attached hydrogen (secondary N) is 1. The van der Waals surface area contributed by atoms with E-state index in [2.05, 4.69) is 50.0 Å². The Morgan fingerprint density at radius 2 is 1.88 bits per heavy atom. The maximum Gasteiger partial charge on any atom is 0.0693 e. The van der Waals surface area contributed by atoms with Gasteiger partial charge in [-0.2, -0.15) is 0 Å². The summed E-state index contributed by atoms with van der Waals surface area (Å²) in [5, 5.41) is 1.87. The van der Waals surface area contributed by atoms with Gasteiger partial charge in [0, 0.05) is 22.0 Å². The molecular weight excluding hydrogens is 316 g/mol. The van der Waals surface area contributed by atoms with Crippen LogP contribution in [0.3, 0.4) is 0 Å². The Morgan fingerprint density at radius 3 is 2.54 bits per heavy atom. The number of hydrogen-bond acceptors (Lipinski definition) is 1. The predicted molar refractivity (Wildman–Crippen MR) is 105 cm³/mol. The lowest BCUT2D eigenvalue weighted by atomic mass is 9.92. The fraction of sp³-hybridized carbons (Fsp3) is 0.333. The van der Waals surface area contributed by atoms with Crippen LogP contribution in [0, 0.1) is 6.92 Å². The first kappa shape index (κ1) is 16.9. The maximum absolute atomic E-state index is 6.26. The summed E-state index contributed by atoms with van der Waals surface area (Å²) in [4.78, 5) is 3.60. The summed E-state index contributed by atoms with van der Waals surface area (Å²) in [5.74, 6) is 0.294. The first-order valence-electron chi connectivity index (χ1n) is 8.67. The van der Waals surface area contributed by atoms with Gasteiger partial charge in [-0.25, -0.2) is 0 Å². The number of benzene rings is 2. The third kappa shape index (κ3) is 3.16. The van der Waals surface area contributed by atoms with E-state index in [9.17, 15) is 0 Å². The molecule has 126 valence electrons. The number of rotatable bonds is 5. The smallest absolute Gasteiger partial charge is 0.0693 e. The third-order valence-electron chi connectivity index (χ3n) is 4.83. The van der Waals surface area contributed by atoms with Crippen molar-refractivity contribution < 1.29 is 0 Å².